The lowest BCUT2D eigenvalue weighted by Crippen LogP contribution is -2.43. The third-order valence-corrected chi connectivity index (χ3v) is 3.93. The van der Waals surface area contributed by atoms with Crippen molar-refractivity contribution in [1.82, 2.24) is 10.9 Å². The van der Waals surface area contributed by atoms with Crippen molar-refractivity contribution in [2.75, 3.05) is 5.75 Å². The Balaban J connectivity index is 1.99. The van der Waals surface area contributed by atoms with E-state index in [-0.39, 0.29) is 11.9 Å². The summed E-state index contributed by atoms with van der Waals surface area (Å²) in [6.45, 7) is 5.40. The summed E-state index contributed by atoms with van der Waals surface area (Å²) in [5, 5.41) is 0. The number of fused-ring (bicyclic) bond motifs is 1. The van der Waals surface area contributed by atoms with Crippen LogP contribution in [-0.2, 0) is 4.74 Å². The van der Waals surface area contributed by atoms with E-state index in [1.165, 1.54) is 17.8 Å². The molecule has 1 aromatic rings. The summed E-state index contributed by atoms with van der Waals surface area (Å²) >= 11 is 1.50. The van der Waals surface area contributed by atoms with Gasteiger partial charge in [0.05, 0.1) is 6.04 Å². The summed E-state index contributed by atoms with van der Waals surface area (Å²) in [7, 11) is 0. The lowest BCUT2D eigenvalue weighted by molar-refractivity contribution is 0.0486. The van der Waals surface area contributed by atoms with Crippen LogP contribution in [0.15, 0.2) is 23.1 Å². The number of carbonyl (C=O) groups is 1. The van der Waals surface area contributed by atoms with Gasteiger partial charge in [0.25, 0.3) is 0 Å². The van der Waals surface area contributed by atoms with Crippen LogP contribution < -0.4 is 10.9 Å². The van der Waals surface area contributed by atoms with Crippen LogP contribution in [0.25, 0.3) is 0 Å². The summed E-state index contributed by atoms with van der Waals surface area (Å²) < 4.78 is 18.9. The molecule has 4 nitrogen and oxygen atoms in total. The minimum absolute atomic E-state index is 0.102. The molecule has 20 heavy (non-hydrogen) atoms. The highest BCUT2D eigenvalue weighted by atomic mass is 32.2. The Hall–Kier alpha value is -1.27. The third-order valence-electron chi connectivity index (χ3n) is 2.77. The van der Waals surface area contributed by atoms with Crippen LogP contribution in [0.5, 0.6) is 0 Å². The fourth-order valence-corrected chi connectivity index (χ4v) is 3.13. The summed E-state index contributed by atoms with van der Waals surface area (Å²) in [6.07, 6.45) is 0.283. The van der Waals surface area contributed by atoms with E-state index in [9.17, 15) is 9.18 Å². The first-order valence-corrected chi connectivity index (χ1v) is 7.51. The van der Waals surface area contributed by atoms with Gasteiger partial charge in [-0.2, -0.15) is 0 Å². The molecule has 0 spiro atoms. The van der Waals surface area contributed by atoms with Gasteiger partial charge in [-0.05, 0) is 44.6 Å². The molecule has 0 saturated heterocycles. The zero-order valence-corrected chi connectivity index (χ0v) is 12.6. The van der Waals surface area contributed by atoms with Crippen molar-refractivity contribution in [3.63, 3.8) is 0 Å². The maximum Gasteiger partial charge on any atom is 0.422 e. The normalized spacial score (nSPS) is 18.3. The molecule has 0 saturated carbocycles. The fourth-order valence-electron chi connectivity index (χ4n) is 1.99. The molecule has 0 radical (unpaired) electrons. The van der Waals surface area contributed by atoms with Crippen molar-refractivity contribution >= 4 is 17.9 Å². The molecule has 0 aromatic heterocycles. The van der Waals surface area contributed by atoms with E-state index < -0.39 is 11.7 Å². The summed E-state index contributed by atoms with van der Waals surface area (Å²) in [6, 6.07) is 4.91. The van der Waals surface area contributed by atoms with Gasteiger partial charge in [0.15, 0.2) is 0 Å². The van der Waals surface area contributed by atoms with Gasteiger partial charge >= 0.3 is 6.09 Å². The Bertz CT molecular complexity index is 502. The van der Waals surface area contributed by atoms with Gasteiger partial charge in [-0.1, -0.05) is 12.1 Å². The molecule has 0 bridgehead atoms. The smallest absolute Gasteiger partial charge is 0.422 e. The molecular formula is C14H19FN2O2S. The minimum atomic E-state index is -0.543. The Kier molecular flexibility index (Phi) is 4.55. The number of thioether (sulfide) groups is 1. The Morgan fingerprint density at radius 1 is 1.45 bits per heavy atom. The SMILES string of the molecule is CC(C)(C)OC(=O)NNC1CCSc2c(F)cccc21. The molecule has 1 heterocycles. The number of hydrazine groups is 1. The van der Waals surface area contributed by atoms with E-state index in [1.807, 2.05) is 6.07 Å². The van der Waals surface area contributed by atoms with E-state index in [4.69, 9.17) is 4.74 Å². The van der Waals surface area contributed by atoms with Gasteiger partial charge in [-0.3, -0.25) is 5.43 Å². The van der Waals surface area contributed by atoms with Crippen molar-refractivity contribution in [3.05, 3.63) is 29.6 Å². The molecule has 6 heteroatoms. The number of benzene rings is 1. The first kappa shape index (κ1) is 15.1. The fraction of sp³-hybridized carbons (Fsp3) is 0.500. The standard InChI is InChI=1S/C14H19FN2O2S/c1-14(2,3)19-13(18)17-16-11-7-8-20-12-9(11)5-4-6-10(12)15/h4-6,11,16H,7-8H2,1-3H3,(H,17,18). The lowest BCUT2D eigenvalue weighted by Gasteiger charge is -2.27. The van der Waals surface area contributed by atoms with Gasteiger partial charge in [0.1, 0.15) is 11.4 Å². The first-order valence-electron chi connectivity index (χ1n) is 6.52. The molecule has 1 atom stereocenters. The molecular weight excluding hydrogens is 279 g/mol. The average Bonchev–Trinajstić information content (AvgIpc) is 2.35. The number of carbonyl (C=O) groups excluding carboxylic acids is 1. The highest BCUT2D eigenvalue weighted by Gasteiger charge is 2.24. The van der Waals surface area contributed by atoms with Gasteiger partial charge in [0, 0.05) is 4.90 Å². The van der Waals surface area contributed by atoms with Crippen molar-refractivity contribution in [2.45, 2.75) is 43.7 Å². The maximum atomic E-state index is 13.7. The van der Waals surface area contributed by atoms with Crippen LogP contribution in [0.1, 0.15) is 38.8 Å². The second-order valence-electron chi connectivity index (χ2n) is 5.62. The summed E-state index contributed by atoms with van der Waals surface area (Å²) in [5.41, 5.74) is 5.78. The van der Waals surface area contributed by atoms with E-state index in [1.54, 1.807) is 26.8 Å². The number of rotatable bonds is 2. The number of halogens is 1. The minimum Gasteiger partial charge on any atom is -0.443 e. The maximum absolute atomic E-state index is 13.7. The van der Waals surface area contributed by atoms with E-state index >= 15 is 0 Å². The van der Waals surface area contributed by atoms with Crippen molar-refractivity contribution in [2.24, 2.45) is 0 Å². The zero-order valence-electron chi connectivity index (χ0n) is 11.8. The van der Waals surface area contributed by atoms with Gasteiger partial charge in [-0.25, -0.2) is 14.6 Å². The van der Waals surface area contributed by atoms with Crippen molar-refractivity contribution in [1.29, 1.82) is 0 Å². The van der Waals surface area contributed by atoms with Gasteiger partial charge < -0.3 is 4.74 Å². The number of hydrogen-bond acceptors (Lipinski definition) is 4. The Morgan fingerprint density at radius 3 is 2.90 bits per heavy atom. The van der Waals surface area contributed by atoms with Crippen LogP contribution in [0, 0.1) is 5.82 Å². The van der Waals surface area contributed by atoms with Crippen molar-refractivity contribution < 1.29 is 13.9 Å². The summed E-state index contributed by atoms with van der Waals surface area (Å²) in [4.78, 5) is 12.3. The van der Waals surface area contributed by atoms with Crippen LogP contribution in [0.4, 0.5) is 9.18 Å². The highest BCUT2D eigenvalue weighted by Crippen LogP contribution is 2.37. The zero-order chi connectivity index (χ0) is 14.8. The molecule has 2 rings (SSSR count). The quantitative estimate of drug-likeness (QED) is 0.822. The van der Waals surface area contributed by atoms with Crippen LogP contribution >= 0.6 is 11.8 Å². The first-order chi connectivity index (χ1) is 9.37. The number of nitrogens with one attached hydrogen (secondary N) is 2. The van der Waals surface area contributed by atoms with E-state index in [0.717, 1.165) is 17.7 Å². The lowest BCUT2D eigenvalue weighted by atomic mass is 10.0. The van der Waals surface area contributed by atoms with Gasteiger partial charge in [0.2, 0.25) is 0 Å². The molecule has 0 aliphatic carbocycles. The van der Waals surface area contributed by atoms with E-state index in [2.05, 4.69) is 10.9 Å². The number of amides is 1. The molecule has 1 unspecified atom stereocenters. The molecule has 1 aliphatic rings. The monoisotopic (exact) mass is 298 g/mol. The largest absolute Gasteiger partial charge is 0.443 e. The molecule has 1 aromatic carbocycles. The second-order valence-corrected chi connectivity index (χ2v) is 6.72. The molecule has 1 aliphatic heterocycles. The van der Waals surface area contributed by atoms with E-state index in [0.29, 0.717) is 4.90 Å². The molecule has 0 fully saturated rings. The highest BCUT2D eigenvalue weighted by molar-refractivity contribution is 7.99. The van der Waals surface area contributed by atoms with Gasteiger partial charge in [-0.15, -0.1) is 11.8 Å². The topological polar surface area (TPSA) is 50.4 Å². The molecule has 2 N–H and O–H groups in total. The van der Waals surface area contributed by atoms with Crippen molar-refractivity contribution in [3.8, 4) is 0 Å². The Morgan fingerprint density at radius 2 is 2.20 bits per heavy atom. The molecule has 1 amide bonds. The second kappa shape index (κ2) is 6.01. The predicted molar refractivity (Wildman–Crippen MR) is 77.0 cm³/mol. The number of ether oxygens (including phenoxy) is 1. The molecule has 110 valence electrons. The van der Waals surface area contributed by atoms with Crippen LogP contribution in [0.2, 0.25) is 0 Å². The Labute approximate surface area is 122 Å². The average molecular weight is 298 g/mol. The van der Waals surface area contributed by atoms with Crippen LogP contribution in [-0.4, -0.2) is 17.4 Å². The van der Waals surface area contributed by atoms with Crippen LogP contribution in [0.3, 0.4) is 0 Å². The predicted octanol–water partition coefficient (Wildman–Crippen LogP) is 3.39. The summed E-state index contributed by atoms with van der Waals surface area (Å²) in [5.74, 6) is 0.595. The number of hydrogen-bond donors (Lipinski definition) is 2. The third kappa shape index (κ3) is 3.86.